The normalized spacial score (nSPS) is 11.9. The zero-order valence-electron chi connectivity index (χ0n) is 16.0. The molecule has 12 heteroatoms. The van der Waals surface area contributed by atoms with Gasteiger partial charge in [-0.05, 0) is 36.6 Å². The van der Waals surface area contributed by atoms with Gasteiger partial charge in [0.15, 0.2) is 11.5 Å². The number of hydrogen-bond acceptors (Lipinski definition) is 8. The Morgan fingerprint density at radius 3 is 2.55 bits per heavy atom. The van der Waals surface area contributed by atoms with E-state index in [0.717, 1.165) is 6.20 Å². The minimum absolute atomic E-state index is 0.0496. The van der Waals surface area contributed by atoms with Crippen molar-refractivity contribution in [2.24, 2.45) is 11.1 Å². The Balaban J connectivity index is 1.99. The second-order valence-corrected chi connectivity index (χ2v) is 8.80. The zero-order valence-corrected chi connectivity index (χ0v) is 17.6. The summed E-state index contributed by atoms with van der Waals surface area (Å²) in [5.41, 5.74) is 1.56. The van der Waals surface area contributed by atoms with E-state index in [-0.39, 0.29) is 34.0 Å². The molecule has 0 atom stereocenters. The van der Waals surface area contributed by atoms with E-state index in [1.807, 2.05) is 13.8 Å². The fourth-order valence-electron chi connectivity index (χ4n) is 2.73. The number of halogens is 1. The highest BCUT2D eigenvalue weighted by molar-refractivity contribution is 7.89. The van der Waals surface area contributed by atoms with Gasteiger partial charge in [0.05, 0.1) is 17.9 Å². The van der Waals surface area contributed by atoms with Crippen LogP contribution in [0.4, 0.5) is 5.82 Å². The Bertz CT molecular complexity index is 1220. The van der Waals surface area contributed by atoms with Crippen LogP contribution in [-0.2, 0) is 23.1 Å². The molecule has 3 aromatic rings. The minimum atomic E-state index is -3.82. The maximum Gasteiger partial charge on any atom is 0.294 e. The number of sulfonamides is 1. The van der Waals surface area contributed by atoms with Crippen molar-refractivity contribution in [3.05, 3.63) is 45.4 Å². The molecule has 0 saturated carbocycles. The number of aromatic nitrogens is 5. The van der Waals surface area contributed by atoms with Crippen molar-refractivity contribution >= 4 is 38.6 Å². The molecule has 0 bridgehead atoms. The van der Waals surface area contributed by atoms with Gasteiger partial charge < -0.3 is 5.32 Å². The number of nitrogens with zero attached hydrogens (tertiary/aromatic N) is 5. The van der Waals surface area contributed by atoms with E-state index >= 15 is 0 Å². The maximum absolute atomic E-state index is 13.0. The third kappa shape index (κ3) is 4.69. The summed E-state index contributed by atoms with van der Waals surface area (Å²) in [5, 5.41) is 8.08. The van der Waals surface area contributed by atoms with Crippen molar-refractivity contribution < 1.29 is 8.42 Å². The second-order valence-electron chi connectivity index (χ2n) is 6.90. The number of nitrogens with two attached hydrogens (primary N) is 1. The lowest BCUT2D eigenvalue weighted by Crippen LogP contribution is -2.28. The number of rotatable bonds is 6. The molecule has 0 radical (unpaired) electrons. The van der Waals surface area contributed by atoms with E-state index in [2.05, 4.69) is 25.3 Å². The van der Waals surface area contributed by atoms with Gasteiger partial charge in [-0.25, -0.2) is 23.5 Å². The Hall–Kier alpha value is -2.63. The SMILES string of the molecule is Cc1nc(Cl)nc2c1nc(NCc1ccc(S(N)(=O)=O)cn1)c(=O)n2CC(C)C. The lowest BCUT2D eigenvalue weighted by molar-refractivity contribution is 0.520. The number of anilines is 1. The highest BCUT2D eigenvalue weighted by Gasteiger charge is 2.16. The first-order chi connectivity index (χ1) is 13.6. The van der Waals surface area contributed by atoms with Crippen molar-refractivity contribution in [2.75, 3.05) is 5.32 Å². The van der Waals surface area contributed by atoms with Gasteiger partial charge in [0.2, 0.25) is 15.3 Å². The van der Waals surface area contributed by atoms with E-state index in [0.29, 0.717) is 29.1 Å². The number of pyridine rings is 1. The molecule has 0 aliphatic rings. The van der Waals surface area contributed by atoms with Crippen LogP contribution < -0.4 is 16.0 Å². The molecular formula is C17H20ClN7O3S. The number of hydrogen-bond donors (Lipinski definition) is 2. The van der Waals surface area contributed by atoms with Crippen molar-refractivity contribution in [3.63, 3.8) is 0 Å². The lowest BCUT2D eigenvalue weighted by Gasteiger charge is -2.15. The van der Waals surface area contributed by atoms with Crippen LogP contribution in [0.5, 0.6) is 0 Å². The van der Waals surface area contributed by atoms with Crippen LogP contribution in [0.3, 0.4) is 0 Å². The van der Waals surface area contributed by atoms with Gasteiger partial charge in [-0.1, -0.05) is 13.8 Å². The number of nitrogens with one attached hydrogen (secondary N) is 1. The predicted octanol–water partition coefficient (Wildman–Crippen LogP) is 1.46. The van der Waals surface area contributed by atoms with Gasteiger partial charge >= 0.3 is 0 Å². The van der Waals surface area contributed by atoms with Gasteiger partial charge in [-0.3, -0.25) is 14.3 Å². The fraction of sp³-hybridized carbons (Fsp3) is 0.353. The molecule has 3 aromatic heterocycles. The second kappa shape index (κ2) is 8.01. The third-order valence-corrected chi connectivity index (χ3v) is 5.12. The summed E-state index contributed by atoms with van der Waals surface area (Å²) < 4.78 is 24.2. The van der Waals surface area contributed by atoms with Crippen molar-refractivity contribution in [1.29, 1.82) is 0 Å². The maximum atomic E-state index is 13.0. The molecule has 0 aromatic carbocycles. The first kappa shape index (κ1) is 21.1. The average Bonchev–Trinajstić information content (AvgIpc) is 2.62. The van der Waals surface area contributed by atoms with E-state index in [4.69, 9.17) is 16.7 Å². The molecule has 3 rings (SSSR count). The Kier molecular flexibility index (Phi) is 5.82. The summed E-state index contributed by atoms with van der Waals surface area (Å²) in [6.07, 6.45) is 1.16. The van der Waals surface area contributed by atoms with Crippen LogP contribution in [0.1, 0.15) is 25.2 Å². The molecule has 10 nitrogen and oxygen atoms in total. The van der Waals surface area contributed by atoms with E-state index in [1.54, 1.807) is 6.92 Å². The number of aryl methyl sites for hydroxylation is 1. The van der Waals surface area contributed by atoms with Crippen molar-refractivity contribution in [3.8, 4) is 0 Å². The van der Waals surface area contributed by atoms with Crippen LogP contribution in [0, 0.1) is 12.8 Å². The monoisotopic (exact) mass is 437 g/mol. The summed E-state index contributed by atoms with van der Waals surface area (Å²) in [4.78, 5) is 29.6. The van der Waals surface area contributed by atoms with E-state index in [9.17, 15) is 13.2 Å². The van der Waals surface area contributed by atoms with Gasteiger partial charge in [0, 0.05) is 12.7 Å². The molecule has 0 aliphatic heterocycles. The van der Waals surface area contributed by atoms with Gasteiger partial charge in [-0.2, -0.15) is 4.98 Å². The van der Waals surface area contributed by atoms with E-state index in [1.165, 1.54) is 16.7 Å². The Morgan fingerprint density at radius 1 is 1.24 bits per heavy atom. The summed E-state index contributed by atoms with van der Waals surface area (Å²) in [6.45, 7) is 6.30. The first-order valence-electron chi connectivity index (χ1n) is 8.72. The fourth-order valence-corrected chi connectivity index (χ4v) is 3.39. The predicted molar refractivity (Wildman–Crippen MR) is 109 cm³/mol. The quantitative estimate of drug-likeness (QED) is 0.551. The number of primary sulfonamides is 1. The zero-order chi connectivity index (χ0) is 21.3. The summed E-state index contributed by atoms with van der Waals surface area (Å²) in [7, 11) is -3.82. The van der Waals surface area contributed by atoms with E-state index < -0.39 is 10.0 Å². The molecule has 0 amide bonds. The van der Waals surface area contributed by atoms with Crippen LogP contribution in [0.15, 0.2) is 28.0 Å². The summed E-state index contributed by atoms with van der Waals surface area (Å²) >= 11 is 5.97. The molecule has 29 heavy (non-hydrogen) atoms. The summed E-state index contributed by atoms with van der Waals surface area (Å²) in [6, 6.07) is 2.86. The summed E-state index contributed by atoms with van der Waals surface area (Å²) in [5.74, 6) is 0.303. The van der Waals surface area contributed by atoms with Crippen LogP contribution in [0.25, 0.3) is 11.2 Å². The molecule has 0 fully saturated rings. The van der Waals surface area contributed by atoms with Crippen molar-refractivity contribution in [2.45, 2.75) is 38.8 Å². The Labute approximate surface area is 172 Å². The largest absolute Gasteiger partial charge is 0.360 e. The average molecular weight is 438 g/mol. The highest BCUT2D eigenvalue weighted by atomic mass is 35.5. The molecule has 0 aliphatic carbocycles. The van der Waals surface area contributed by atoms with Gasteiger partial charge in [0.1, 0.15) is 10.4 Å². The molecule has 3 N–H and O–H groups in total. The molecule has 0 saturated heterocycles. The molecule has 3 heterocycles. The van der Waals surface area contributed by atoms with Gasteiger partial charge in [0.25, 0.3) is 5.56 Å². The number of fused-ring (bicyclic) bond motifs is 1. The van der Waals surface area contributed by atoms with Gasteiger partial charge in [-0.15, -0.1) is 0 Å². The lowest BCUT2D eigenvalue weighted by atomic mass is 10.2. The smallest absolute Gasteiger partial charge is 0.294 e. The minimum Gasteiger partial charge on any atom is -0.360 e. The topological polar surface area (TPSA) is 146 Å². The molecule has 0 spiro atoms. The Morgan fingerprint density at radius 2 is 1.97 bits per heavy atom. The molecule has 154 valence electrons. The first-order valence-corrected chi connectivity index (χ1v) is 10.6. The van der Waals surface area contributed by atoms with Crippen LogP contribution >= 0.6 is 11.6 Å². The highest BCUT2D eigenvalue weighted by Crippen LogP contribution is 2.17. The standard InChI is InChI=1S/C17H20ClN7O3S/c1-9(2)8-25-15-13(10(3)22-17(18)24-15)23-14(16(25)26)21-6-11-4-5-12(7-20-11)29(19,27)28/h4-5,7,9H,6,8H2,1-3H3,(H,21,23)(H2,19,27,28). The molecule has 0 unspecified atom stereocenters. The van der Waals surface area contributed by atoms with Crippen LogP contribution in [-0.4, -0.2) is 32.9 Å². The third-order valence-electron chi connectivity index (χ3n) is 4.05. The van der Waals surface area contributed by atoms with Crippen molar-refractivity contribution in [1.82, 2.24) is 24.5 Å². The van der Waals surface area contributed by atoms with Crippen LogP contribution in [0.2, 0.25) is 5.28 Å². The molecular weight excluding hydrogens is 418 g/mol.